The monoisotopic (exact) mass is 166 g/mol. The topological polar surface area (TPSA) is 0 Å². The molecule has 0 amide bonds. The molecule has 12 heavy (non-hydrogen) atoms. The van der Waals surface area contributed by atoms with Crippen molar-refractivity contribution < 1.29 is 0 Å². The van der Waals surface area contributed by atoms with Crippen molar-refractivity contribution in [2.75, 3.05) is 0 Å². The number of rotatable bonds is 3. The number of allylic oxidation sites excluding steroid dienone is 6. The van der Waals surface area contributed by atoms with Gasteiger partial charge in [-0.1, -0.05) is 51.2 Å². The molecule has 0 heteroatoms. The zero-order chi connectivity index (χ0) is 9.82. The average Bonchev–Trinajstić information content (AvgIpc) is 2.10. The van der Waals surface area contributed by atoms with E-state index in [1.54, 1.807) is 0 Å². The average molecular weight is 166 g/mol. The summed E-state index contributed by atoms with van der Waals surface area (Å²) >= 11 is 0. The van der Waals surface area contributed by atoms with Gasteiger partial charge in [0, 0.05) is 0 Å². The molecule has 0 saturated heterocycles. The van der Waals surface area contributed by atoms with E-state index in [0.717, 1.165) is 6.42 Å². The van der Waals surface area contributed by atoms with Gasteiger partial charge < -0.3 is 0 Å². The van der Waals surface area contributed by atoms with E-state index < -0.39 is 0 Å². The quantitative estimate of drug-likeness (QED) is 0.541. The van der Waals surface area contributed by atoms with Gasteiger partial charge in [0.1, 0.15) is 0 Å². The van der Waals surface area contributed by atoms with Gasteiger partial charge in [-0.15, -0.1) is 0 Å². The van der Waals surface area contributed by atoms with Crippen LogP contribution < -0.4 is 0 Å². The third-order valence-corrected chi connectivity index (χ3v) is 1.16. The second-order valence-electron chi connectivity index (χ2n) is 2.11. The summed E-state index contributed by atoms with van der Waals surface area (Å²) in [5, 5.41) is 0. The van der Waals surface area contributed by atoms with Gasteiger partial charge in [0.2, 0.25) is 0 Å². The van der Waals surface area contributed by atoms with Gasteiger partial charge in [-0.25, -0.2) is 0 Å². The summed E-state index contributed by atoms with van der Waals surface area (Å²) in [7, 11) is 0. The van der Waals surface area contributed by atoms with Crippen molar-refractivity contribution in [1.82, 2.24) is 0 Å². The summed E-state index contributed by atoms with van der Waals surface area (Å²) in [6, 6.07) is 0. The van der Waals surface area contributed by atoms with Crippen LogP contribution in [0.1, 0.15) is 41.0 Å². The van der Waals surface area contributed by atoms with Crippen LogP contribution in [0.5, 0.6) is 0 Å². The summed E-state index contributed by atoms with van der Waals surface area (Å²) in [6.45, 7) is 10.2. The van der Waals surface area contributed by atoms with Gasteiger partial charge in [0.25, 0.3) is 0 Å². The van der Waals surface area contributed by atoms with Crippen LogP contribution in [0.15, 0.2) is 36.0 Å². The highest BCUT2D eigenvalue weighted by Crippen LogP contribution is 2.00. The molecule has 0 aliphatic carbocycles. The molecule has 0 aliphatic heterocycles. The lowest BCUT2D eigenvalue weighted by Crippen LogP contribution is -1.69. The summed E-state index contributed by atoms with van der Waals surface area (Å²) in [5.74, 6) is 0. The van der Waals surface area contributed by atoms with Crippen molar-refractivity contribution in [3.05, 3.63) is 36.0 Å². The van der Waals surface area contributed by atoms with Crippen molar-refractivity contribution >= 4 is 0 Å². The maximum absolute atomic E-state index is 2.21. The minimum absolute atomic E-state index is 1.10. The minimum atomic E-state index is 1.10. The van der Waals surface area contributed by atoms with Crippen molar-refractivity contribution in [3.63, 3.8) is 0 Å². The molecule has 0 saturated carbocycles. The SMILES string of the molecule is C/C=C\C(=CCC)/C=C/C.CC. The molecule has 0 aromatic rings. The standard InChI is InChI=1S/C10H16.C2H6/c1-4-7-10(8-5-2)9-6-3;1-2/h4-5,7-9H,6H2,1-3H3;1-2H3/b7-4-,8-5+,10-9?;. The lowest BCUT2D eigenvalue weighted by molar-refractivity contribution is 1.21. The fourth-order valence-electron chi connectivity index (χ4n) is 0.812. The largest absolute Gasteiger partial charge is 0.0871 e. The van der Waals surface area contributed by atoms with E-state index in [4.69, 9.17) is 0 Å². The van der Waals surface area contributed by atoms with Crippen molar-refractivity contribution in [3.8, 4) is 0 Å². The van der Waals surface area contributed by atoms with E-state index in [1.165, 1.54) is 5.57 Å². The smallest absolute Gasteiger partial charge is 0.0303 e. The number of hydrogen-bond donors (Lipinski definition) is 0. The zero-order valence-electron chi connectivity index (χ0n) is 9.09. The van der Waals surface area contributed by atoms with E-state index >= 15 is 0 Å². The molecule has 0 nitrogen and oxygen atoms in total. The van der Waals surface area contributed by atoms with E-state index in [0.29, 0.717) is 0 Å². The summed E-state index contributed by atoms with van der Waals surface area (Å²) < 4.78 is 0. The molecule has 70 valence electrons. The Labute approximate surface area is 77.7 Å². The summed E-state index contributed by atoms with van der Waals surface area (Å²) in [4.78, 5) is 0. The Balaban J connectivity index is 0. The van der Waals surface area contributed by atoms with Crippen LogP contribution in [-0.4, -0.2) is 0 Å². The summed E-state index contributed by atoms with van der Waals surface area (Å²) in [5.41, 5.74) is 1.30. The maximum Gasteiger partial charge on any atom is -0.0303 e. The highest BCUT2D eigenvalue weighted by Gasteiger charge is 1.79. The molecule has 0 radical (unpaired) electrons. The Morgan fingerprint density at radius 3 is 1.67 bits per heavy atom. The first-order valence-corrected chi connectivity index (χ1v) is 4.80. The molecule has 0 bridgehead atoms. The van der Waals surface area contributed by atoms with E-state index in [9.17, 15) is 0 Å². The minimum Gasteiger partial charge on any atom is -0.0871 e. The van der Waals surface area contributed by atoms with Gasteiger partial charge in [-0.05, 0) is 25.8 Å². The second-order valence-corrected chi connectivity index (χ2v) is 2.11. The normalized spacial score (nSPS) is 11.9. The third kappa shape index (κ3) is 9.22. The molecule has 0 rings (SSSR count). The predicted molar refractivity (Wildman–Crippen MR) is 59.4 cm³/mol. The van der Waals surface area contributed by atoms with Crippen LogP contribution in [0.3, 0.4) is 0 Å². The molecule has 0 aliphatic rings. The first kappa shape index (κ1) is 13.8. The third-order valence-electron chi connectivity index (χ3n) is 1.16. The fraction of sp³-hybridized carbons (Fsp3) is 0.500. The van der Waals surface area contributed by atoms with Crippen molar-refractivity contribution in [2.45, 2.75) is 41.0 Å². The number of hydrogen-bond acceptors (Lipinski definition) is 0. The van der Waals surface area contributed by atoms with E-state index in [-0.39, 0.29) is 0 Å². The van der Waals surface area contributed by atoms with E-state index in [1.807, 2.05) is 27.7 Å². The maximum atomic E-state index is 2.21. The van der Waals surface area contributed by atoms with E-state index in [2.05, 4.69) is 37.3 Å². The lowest BCUT2D eigenvalue weighted by atomic mass is 10.2. The second kappa shape index (κ2) is 12.9. The van der Waals surface area contributed by atoms with Gasteiger partial charge in [0.05, 0.1) is 0 Å². The van der Waals surface area contributed by atoms with Crippen LogP contribution in [0.25, 0.3) is 0 Å². The first-order chi connectivity index (χ1) is 5.85. The molecule has 0 fully saturated rings. The summed E-state index contributed by atoms with van der Waals surface area (Å²) in [6.07, 6.45) is 11.7. The van der Waals surface area contributed by atoms with Gasteiger partial charge in [0.15, 0.2) is 0 Å². The Bertz CT molecular complexity index is 133. The molecule has 0 N–H and O–H groups in total. The molecule has 0 unspecified atom stereocenters. The van der Waals surface area contributed by atoms with Gasteiger partial charge >= 0.3 is 0 Å². The van der Waals surface area contributed by atoms with Gasteiger partial charge in [-0.2, -0.15) is 0 Å². The Hall–Kier alpha value is -0.780. The van der Waals surface area contributed by atoms with Crippen molar-refractivity contribution in [2.24, 2.45) is 0 Å². The molecular formula is C12H22. The van der Waals surface area contributed by atoms with Crippen LogP contribution in [0.4, 0.5) is 0 Å². The van der Waals surface area contributed by atoms with Crippen LogP contribution >= 0.6 is 0 Å². The first-order valence-electron chi connectivity index (χ1n) is 4.80. The lowest BCUT2D eigenvalue weighted by Gasteiger charge is -1.89. The van der Waals surface area contributed by atoms with Gasteiger partial charge in [-0.3, -0.25) is 0 Å². The molecular weight excluding hydrogens is 144 g/mol. The Morgan fingerprint density at radius 1 is 1.00 bits per heavy atom. The highest BCUT2D eigenvalue weighted by atomic mass is 13.9. The molecule has 0 atom stereocenters. The predicted octanol–water partition coefficient (Wildman–Crippen LogP) is 4.50. The van der Waals surface area contributed by atoms with Crippen LogP contribution in [0.2, 0.25) is 0 Å². The molecule has 0 aromatic carbocycles. The highest BCUT2D eigenvalue weighted by molar-refractivity contribution is 5.29. The zero-order valence-corrected chi connectivity index (χ0v) is 9.09. The Kier molecular flexibility index (Phi) is 14.8. The fourth-order valence-corrected chi connectivity index (χ4v) is 0.812. The van der Waals surface area contributed by atoms with Crippen LogP contribution in [0, 0.1) is 0 Å². The molecule has 0 spiro atoms. The molecule has 0 heterocycles. The Morgan fingerprint density at radius 2 is 1.42 bits per heavy atom. The van der Waals surface area contributed by atoms with Crippen LogP contribution in [-0.2, 0) is 0 Å². The van der Waals surface area contributed by atoms with Crippen molar-refractivity contribution in [1.29, 1.82) is 0 Å². The molecule has 0 aromatic heterocycles.